The SMILES string of the molecule is C=CCn1c(SCc2cccc(C(F)(F)F)c2)nnc1C(C)Oc1ccc(Cl)c(C)c1. The molecule has 1 heterocycles. The van der Waals surface area contributed by atoms with Crippen LogP contribution in [0.15, 0.2) is 60.3 Å². The Bertz CT molecular complexity index is 1070. The number of aromatic nitrogens is 3. The summed E-state index contributed by atoms with van der Waals surface area (Å²) in [4.78, 5) is 0. The molecule has 3 rings (SSSR count). The summed E-state index contributed by atoms with van der Waals surface area (Å²) in [5.74, 6) is 1.57. The monoisotopic (exact) mass is 467 g/mol. The minimum atomic E-state index is -4.37. The van der Waals surface area contributed by atoms with E-state index in [1.807, 2.05) is 24.5 Å². The van der Waals surface area contributed by atoms with Gasteiger partial charge >= 0.3 is 6.18 Å². The van der Waals surface area contributed by atoms with Crippen molar-refractivity contribution in [1.82, 2.24) is 14.8 Å². The van der Waals surface area contributed by atoms with E-state index in [0.29, 0.717) is 39.6 Å². The molecule has 0 aliphatic rings. The Morgan fingerprint density at radius 1 is 1.23 bits per heavy atom. The van der Waals surface area contributed by atoms with Gasteiger partial charge in [-0.05, 0) is 49.2 Å². The number of rotatable bonds is 8. The average Bonchev–Trinajstić information content (AvgIpc) is 3.12. The molecule has 0 saturated carbocycles. The Morgan fingerprint density at radius 3 is 2.68 bits per heavy atom. The summed E-state index contributed by atoms with van der Waals surface area (Å²) in [5.41, 5.74) is 0.783. The number of thioether (sulfide) groups is 1. The summed E-state index contributed by atoms with van der Waals surface area (Å²) in [7, 11) is 0. The van der Waals surface area contributed by atoms with E-state index < -0.39 is 17.8 Å². The fourth-order valence-corrected chi connectivity index (χ4v) is 3.96. The molecule has 0 radical (unpaired) electrons. The van der Waals surface area contributed by atoms with Crippen LogP contribution in [0.2, 0.25) is 5.02 Å². The van der Waals surface area contributed by atoms with Crippen molar-refractivity contribution in [3.05, 3.63) is 82.7 Å². The van der Waals surface area contributed by atoms with Crippen molar-refractivity contribution in [2.75, 3.05) is 0 Å². The Labute approximate surface area is 188 Å². The largest absolute Gasteiger partial charge is 0.483 e. The normalized spacial score (nSPS) is 12.6. The number of halogens is 4. The highest BCUT2D eigenvalue weighted by atomic mass is 35.5. The summed E-state index contributed by atoms with van der Waals surface area (Å²) in [6.45, 7) is 7.97. The molecule has 0 aliphatic heterocycles. The summed E-state index contributed by atoms with van der Waals surface area (Å²) >= 11 is 7.38. The van der Waals surface area contributed by atoms with E-state index in [9.17, 15) is 13.2 Å². The van der Waals surface area contributed by atoms with E-state index in [2.05, 4.69) is 16.8 Å². The molecule has 1 unspecified atom stereocenters. The molecular weight excluding hydrogens is 447 g/mol. The van der Waals surface area contributed by atoms with Crippen LogP contribution in [-0.4, -0.2) is 14.8 Å². The molecule has 0 aliphatic carbocycles. The molecule has 0 fully saturated rings. The van der Waals surface area contributed by atoms with E-state index in [1.165, 1.54) is 17.8 Å². The lowest BCUT2D eigenvalue weighted by Gasteiger charge is -2.16. The molecule has 2 aromatic carbocycles. The maximum absolute atomic E-state index is 12.9. The van der Waals surface area contributed by atoms with Gasteiger partial charge in [0.1, 0.15) is 5.75 Å². The van der Waals surface area contributed by atoms with E-state index in [4.69, 9.17) is 16.3 Å². The lowest BCUT2D eigenvalue weighted by Crippen LogP contribution is -2.12. The molecule has 164 valence electrons. The van der Waals surface area contributed by atoms with Crippen molar-refractivity contribution in [2.24, 2.45) is 0 Å². The highest BCUT2D eigenvalue weighted by molar-refractivity contribution is 7.98. The topological polar surface area (TPSA) is 39.9 Å². The number of hydrogen-bond acceptors (Lipinski definition) is 4. The number of nitrogens with zero attached hydrogens (tertiary/aromatic N) is 3. The van der Waals surface area contributed by atoms with Crippen LogP contribution >= 0.6 is 23.4 Å². The predicted octanol–water partition coefficient (Wildman–Crippen LogP) is 6.88. The first kappa shape index (κ1) is 23.2. The van der Waals surface area contributed by atoms with Crippen molar-refractivity contribution in [3.8, 4) is 5.75 Å². The van der Waals surface area contributed by atoms with Gasteiger partial charge in [0.15, 0.2) is 17.1 Å². The smallest absolute Gasteiger partial charge is 0.416 e. The molecule has 4 nitrogen and oxygen atoms in total. The highest BCUT2D eigenvalue weighted by Gasteiger charge is 2.30. The zero-order valence-corrected chi connectivity index (χ0v) is 18.6. The van der Waals surface area contributed by atoms with E-state index in [1.54, 1.807) is 24.3 Å². The lowest BCUT2D eigenvalue weighted by molar-refractivity contribution is -0.137. The van der Waals surface area contributed by atoms with Crippen LogP contribution in [0.3, 0.4) is 0 Å². The molecule has 0 N–H and O–H groups in total. The highest BCUT2D eigenvalue weighted by Crippen LogP contribution is 2.32. The van der Waals surface area contributed by atoms with Gasteiger partial charge in [-0.1, -0.05) is 47.6 Å². The summed E-state index contributed by atoms with van der Waals surface area (Å²) < 4.78 is 46.7. The third-order valence-corrected chi connectivity index (χ3v) is 5.95. The predicted molar refractivity (Wildman–Crippen MR) is 116 cm³/mol. The van der Waals surface area contributed by atoms with E-state index in [0.717, 1.165) is 17.7 Å². The van der Waals surface area contributed by atoms with Gasteiger partial charge in [-0.2, -0.15) is 13.2 Å². The fraction of sp³-hybridized carbons (Fsp3) is 0.273. The van der Waals surface area contributed by atoms with Gasteiger partial charge in [0.05, 0.1) is 5.56 Å². The minimum Gasteiger partial charge on any atom is -0.483 e. The molecular formula is C22H21ClF3N3OS. The summed E-state index contributed by atoms with van der Waals surface area (Å²) in [6.07, 6.45) is -3.07. The lowest BCUT2D eigenvalue weighted by atomic mass is 10.1. The second-order valence-corrected chi connectivity index (χ2v) is 8.25. The van der Waals surface area contributed by atoms with E-state index in [-0.39, 0.29) is 0 Å². The zero-order chi connectivity index (χ0) is 22.6. The Hall–Kier alpha value is -2.45. The first-order valence-electron chi connectivity index (χ1n) is 9.44. The average molecular weight is 468 g/mol. The van der Waals surface area contributed by atoms with Crippen LogP contribution in [0, 0.1) is 6.92 Å². The van der Waals surface area contributed by atoms with Crippen molar-refractivity contribution in [2.45, 2.75) is 43.6 Å². The van der Waals surface area contributed by atoms with Crippen LogP contribution in [0.25, 0.3) is 0 Å². The third kappa shape index (κ3) is 5.83. The number of alkyl halides is 3. The molecule has 0 amide bonds. The van der Waals surface area contributed by atoms with Gasteiger partial charge in [-0.25, -0.2) is 0 Å². The molecule has 0 bridgehead atoms. The van der Waals surface area contributed by atoms with Crippen LogP contribution in [0.5, 0.6) is 5.75 Å². The van der Waals surface area contributed by atoms with Crippen LogP contribution < -0.4 is 4.74 Å². The van der Waals surface area contributed by atoms with Gasteiger partial charge in [0, 0.05) is 17.3 Å². The van der Waals surface area contributed by atoms with Crippen molar-refractivity contribution < 1.29 is 17.9 Å². The first-order valence-corrected chi connectivity index (χ1v) is 10.8. The van der Waals surface area contributed by atoms with Gasteiger partial charge < -0.3 is 4.74 Å². The van der Waals surface area contributed by atoms with Gasteiger partial charge in [0.25, 0.3) is 0 Å². The number of benzene rings is 2. The van der Waals surface area contributed by atoms with Crippen LogP contribution in [0.1, 0.15) is 35.5 Å². The maximum Gasteiger partial charge on any atom is 0.416 e. The number of allylic oxidation sites excluding steroid dienone is 1. The summed E-state index contributed by atoms with van der Waals surface area (Å²) in [6, 6.07) is 10.7. The Kier molecular flexibility index (Phi) is 7.33. The second-order valence-electron chi connectivity index (χ2n) is 6.90. The molecule has 1 atom stereocenters. The van der Waals surface area contributed by atoms with Crippen molar-refractivity contribution >= 4 is 23.4 Å². The minimum absolute atomic E-state index is 0.324. The quantitative estimate of drug-likeness (QED) is 0.267. The molecule has 0 spiro atoms. The molecule has 9 heteroatoms. The standard InChI is InChI=1S/C22H21ClF3N3OS/c1-4-10-29-20(15(3)30-18-8-9-19(23)14(2)11-18)27-28-21(29)31-13-16-6-5-7-17(12-16)22(24,25)26/h4-9,11-12,15H,1,10,13H2,2-3H3. The molecule has 3 aromatic rings. The van der Waals surface area contributed by atoms with Crippen LogP contribution in [0.4, 0.5) is 13.2 Å². The second kappa shape index (κ2) is 9.78. The number of ether oxygens (including phenoxy) is 1. The van der Waals surface area contributed by atoms with E-state index >= 15 is 0 Å². The maximum atomic E-state index is 12.9. The Balaban J connectivity index is 1.77. The van der Waals surface area contributed by atoms with Gasteiger partial charge in [0.2, 0.25) is 0 Å². The number of hydrogen-bond donors (Lipinski definition) is 0. The molecule has 1 aromatic heterocycles. The van der Waals surface area contributed by atoms with Gasteiger partial charge in [-0.3, -0.25) is 4.57 Å². The zero-order valence-electron chi connectivity index (χ0n) is 17.0. The molecule has 0 saturated heterocycles. The number of aryl methyl sites for hydroxylation is 1. The van der Waals surface area contributed by atoms with Gasteiger partial charge in [-0.15, -0.1) is 16.8 Å². The van der Waals surface area contributed by atoms with Crippen molar-refractivity contribution in [1.29, 1.82) is 0 Å². The molecule has 31 heavy (non-hydrogen) atoms. The van der Waals surface area contributed by atoms with Crippen molar-refractivity contribution in [3.63, 3.8) is 0 Å². The third-order valence-electron chi connectivity index (χ3n) is 4.49. The Morgan fingerprint density at radius 2 is 2.00 bits per heavy atom. The fourth-order valence-electron chi connectivity index (χ4n) is 2.94. The first-order chi connectivity index (χ1) is 14.7. The summed E-state index contributed by atoms with van der Waals surface area (Å²) in [5, 5.41) is 9.71. The van der Waals surface area contributed by atoms with Crippen LogP contribution in [-0.2, 0) is 18.5 Å².